The van der Waals surface area contributed by atoms with Crippen molar-refractivity contribution in [2.45, 2.75) is 43.9 Å². The number of piperidine rings is 1. The highest BCUT2D eigenvalue weighted by Gasteiger charge is 2.41. The zero-order valence-electron chi connectivity index (χ0n) is 10.7. The average molecular weight is 261 g/mol. The van der Waals surface area contributed by atoms with Crippen molar-refractivity contribution >= 4 is 17.3 Å². The van der Waals surface area contributed by atoms with Crippen LogP contribution in [0, 0.1) is 0 Å². The van der Waals surface area contributed by atoms with E-state index in [0.717, 1.165) is 31.4 Å². The molecule has 1 aromatic rings. The third-order valence-corrected chi connectivity index (χ3v) is 4.27. The number of carbonyl (C=O) groups excluding carboxylic acids is 1. The summed E-state index contributed by atoms with van der Waals surface area (Å²) in [7, 11) is 0. The maximum Gasteiger partial charge on any atom is 0.250 e. The van der Waals surface area contributed by atoms with Crippen LogP contribution in [0.5, 0.6) is 0 Å². The van der Waals surface area contributed by atoms with E-state index in [1.807, 2.05) is 6.07 Å². The van der Waals surface area contributed by atoms with Crippen LogP contribution in [0.15, 0.2) is 18.2 Å². The van der Waals surface area contributed by atoms with Gasteiger partial charge in [0.1, 0.15) is 0 Å². The molecule has 0 aliphatic carbocycles. The van der Waals surface area contributed by atoms with E-state index in [-0.39, 0.29) is 18.2 Å². The molecule has 0 spiro atoms. The topological polar surface area (TPSA) is 92.6 Å². The van der Waals surface area contributed by atoms with Crippen molar-refractivity contribution in [3.8, 4) is 0 Å². The SMILES string of the molecule is NC(=O)c1ccc(N)cc1N1C2CCC1CC(O)C2. The molecule has 2 atom stereocenters. The quantitative estimate of drug-likeness (QED) is 0.688. The molecule has 2 aliphatic rings. The van der Waals surface area contributed by atoms with Crippen LogP contribution in [0.4, 0.5) is 11.4 Å². The van der Waals surface area contributed by atoms with Gasteiger partial charge in [-0.05, 0) is 43.9 Å². The molecule has 1 aromatic carbocycles. The summed E-state index contributed by atoms with van der Waals surface area (Å²) in [6.45, 7) is 0. The van der Waals surface area contributed by atoms with E-state index in [0.29, 0.717) is 11.3 Å². The lowest BCUT2D eigenvalue weighted by Crippen LogP contribution is -2.45. The van der Waals surface area contributed by atoms with Crippen LogP contribution in [-0.4, -0.2) is 29.2 Å². The molecule has 19 heavy (non-hydrogen) atoms. The molecule has 0 radical (unpaired) electrons. The molecule has 2 fully saturated rings. The van der Waals surface area contributed by atoms with Crippen molar-refractivity contribution < 1.29 is 9.90 Å². The fourth-order valence-electron chi connectivity index (χ4n) is 3.51. The number of anilines is 2. The van der Waals surface area contributed by atoms with Crippen LogP contribution >= 0.6 is 0 Å². The summed E-state index contributed by atoms with van der Waals surface area (Å²) >= 11 is 0. The van der Waals surface area contributed by atoms with E-state index in [1.165, 1.54) is 0 Å². The summed E-state index contributed by atoms with van der Waals surface area (Å²) in [5.74, 6) is -0.430. The second-order valence-corrected chi connectivity index (χ2v) is 5.56. The molecule has 2 bridgehead atoms. The maximum absolute atomic E-state index is 11.6. The van der Waals surface area contributed by atoms with Gasteiger partial charge < -0.3 is 21.5 Å². The van der Waals surface area contributed by atoms with Gasteiger partial charge in [-0.25, -0.2) is 0 Å². The first-order valence-corrected chi connectivity index (χ1v) is 6.72. The van der Waals surface area contributed by atoms with Gasteiger partial charge in [-0.1, -0.05) is 0 Å². The van der Waals surface area contributed by atoms with E-state index in [1.54, 1.807) is 12.1 Å². The average Bonchev–Trinajstić information content (AvgIpc) is 2.61. The molecule has 5 heteroatoms. The highest BCUT2D eigenvalue weighted by atomic mass is 16.3. The third kappa shape index (κ3) is 2.04. The van der Waals surface area contributed by atoms with Gasteiger partial charge in [0.05, 0.1) is 17.4 Å². The highest BCUT2D eigenvalue weighted by molar-refractivity contribution is 5.99. The first-order chi connectivity index (χ1) is 9.06. The van der Waals surface area contributed by atoms with Gasteiger partial charge in [-0.2, -0.15) is 0 Å². The minimum atomic E-state index is -0.430. The summed E-state index contributed by atoms with van der Waals surface area (Å²) < 4.78 is 0. The Kier molecular flexibility index (Phi) is 2.86. The summed E-state index contributed by atoms with van der Waals surface area (Å²) in [5.41, 5.74) is 13.3. The lowest BCUT2D eigenvalue weighted by molar-refractivity contribution is 0.1000. The van der Waals surface area contributed by atoms with Gasteiger partial charge in [0.25, 0.3) is 5.91 Å². The summed E-state index contributed by atoms with van der Waals surface area (Å²) in [6.07, 6.45) is 3.38. The molecule has 0 saturated carbocycles. The largest absolute Gasteiger partial charge is 0.399 e. The lowest BCUT2D eigenvalue weighted by atomic mass is 9.97. The Labute approximate surface area is 112 Å². The van der Waals surface area contributed by atoms with Crippen molar-refractivity contribution in [2.75, 3.05) is 10.6 Å². The highest BCUT2D eigenvalue weighted by Crippen LogP contribution is 2.41. The second kappa shape index (κ2) is 4.42. The number of rotatable bonds is 2. The van der Waals surface area contributed by atoms with E-state index >= 15 is 0 Å². The van der Waals surface area contributed by atoms with E-state index in [2.05, 4.69) is 4.90 Å². The number of nitrogens with two attached hydrogens (primary N) is 2. The zero-order valence-corrected chi connectivity index (χ0v) is 10.7. The number of benzene rings is 1. The number of amides is 1. The molecule has 5 nitrogen and oxygen atoms in total. The van der Waals surface area contributed by atoms with Crippen molar-refractivity contribution in [3.63, 3.8) is 0 Å². The molecular weight excluding hydrogens is 242 g/mol. The van der Waals surface area contributed by atoms with E-state index in [4.69, 9.17) is 11.5 Å². The van der Waals surface area contributed by atoms with Crippen LogP contribution in [-0.2, 0) is 0 Å². The number of primary amides is 1. The number of nitrogens with zero attached hydrogens (tertiary/aromatic N) is 1. The maximum atomic E-state index is 11.6. The van der Waals surface area contributed by atoms with Gasteiger partial charge in [0.15, 0.2) is 0 Å². The van der Waals surface area contributed by atoms with Crippen LogP contribution in [0.25, 0.3) is 0 Å². The number of fused-ring (bicyclic) bond motifs is 2. The minimum Gasteiger partial charge on any atom is -0.399 e. The van der Waals surface area contributed by atoms with Gasteiger partial charge in [0, 0.05) is 17.8 Å². The van der Waals surface area contributed by atoms with Gasteiger partial charge >= 0.3 is 0 Å². The van der Waals surface area contributed by atoms with Crippen LogP contribution in [0.2, 0.25) is 0 Å². The zero-order chi connectivity index (χ0) is 13.6. The molecule has 3 rings (SSSR count). The van der Waals surface area contributed by atoms with Crippen molar-refractivity contribution in [1.82, 2.24) is 0 Å². The molecule has 1 amide bonds. The fraction of sp³-hybridized carbons (Fsp3) is 0.500. The number of aliphatic hydroxyl groups excluding tert-OH is 1. The normalized spacial score (nSPS) is 29.5. The lowest BCUT2D eigenvalue weighted by Gasteiger charge is -2.39. The Hall–Kier alpha value is -1.75. The smallest absolute Gasteiger partial charge is 0.250 e. The first-order valence-electron chi connectivity index (χ1n) is 6.72. The molecule has 2 saturated heterocycles. The Morgan fingerprint density at radius 2 is 1.89 bits per heavy atom. The molecule has 2 unspecified atom stereocenters. The predicted molar refractivity (Wildman–Crippen MR) is 73.9 cm³/mol. The van der Waals surface area contributed by atoms with Crippen LogP contribution < -0.4 is 16.4 Å². The third-order valence-electron chi connectivity index (χ3n) is 4.27. The Bertz CT molecular complexity index is 503. The number of hydrogen-bond acceptors (Lipinski definition) is 4. The van der Waals surface area contributed by atoms with Gasteiger partial charge in [0.2, 0.25) is 0 Å². The molecule has 2 heterocycles. The van der Waals surface area contributed by atoms with Crippen molar-refractivity contribution in [2.24, 2.45) is 5.73 Å². The monoisotopic (exact) mass is 261 g/mol. The van der Waals surface area contributed by atoms with Crippen molar-refractivity contribution in [3.05, 3.63) is 23.8 Å². The van der Waals surface area contributed by atoms with Crippen LogP contribution in [0.3, 0.4) is 0 Å². The van der Waals surface area contributed by atoms with E-state index in [9.17, 15) is 9.90 Å². The van der Waals surface area contributed by atoms with Gasteiger partial charge in [-0.3, -0.25) is 4.79 Å². The minimum absolute atomic E-state index is 0.230. The Morgan fingerprint density at radius 1 is 1.26 bits per heavy atom. The molecule has 5 N–H and O–H groups in total. The molecular formula is C14H19N3O2. The van der Waals surface area contributed by atoms with E-state index < -0.39 is 5.91 Å². The molecule has 2 aliphatic heterocycles. The summed E-state index contributed by atoms with van der Waals surface area (Å²) in [5, 5.41) is 9.84. The molecule has 0 aromatic heterocycles. The summed E-state index contributed by atoms with van der Waals surface area (Å²) in [6, 6.07) is 5.78. The predicted octanol–water partition coefficient (Wildman–Crippen LogP) is 0.860. The van der Waals surface area contributed by atoms with Crippen LogP contribution in [0.1, 0.15) is 36.0 Å². The molecule has 102 valence electrons. The number of aliphatic hydroxyl groups is 1. The Balaban J connectivity index is 2.03. The Morgan fingerprint density at radius 3 is 2.47 bits per heavy atom. The second-order valence-electron chi connectivity index (χ2n) is 5.56. The number of hydrogen-bond donors (Lipinski definition) is 3. The van der Waals surface area contributed by atoms with Gasteiger partial charge in [-0.15, -0.1) is 0 Å². The van der Waals surface area contributed by atoms with Crippen molar-refractivity contribution in [1.29, 1.82) is 0 Å². The first kappa shape index (κ1) is 12.3. The standard InChI is InChI=1S/C14H19N3O2/c15-8-1-4-12(14(16)19)13(5-8)17-9-2-3-10(17)7-11(18)6-9/h1,4-5,9-11,18H,2-3,6-7,15H2,(H2,16,19). The summed E-state index contributed by atoms with van der Waals surface area (Å²) in [4.78, 5) is 13.8. The fourth-order valence-corrected chi connectivity index (χ4v) is 3.51. The number of carbonyl (C=O) groups is 1. The number of nitrogen functional groups attached to an aromatic ring is 1.